The summed E-state index contributed by atoms with van der Waals surface area (Å²) in [6.45, 7) is 6.51. The summed E-state index contributed by atoms with van der Waals surface area (Å²) < 4.78 is 21.7. The van der Waals surface area contributed by atoms with Crippen LogP contribution in [-0.4, -0.2) is 33.0 Å². The zero-order valence-corrected chi connectivity index (χ0v) is 20.4. The van der Waals surface area contributed by atoms with Crippen LogP contribution in [0.5, 0.6) is 23.0 Å². The van der Waals surface area contributed by atoms with Crippen molar-refractivity contribution < 1.29 is 18.9 Å². The van der Waals surface area contributed by atoms with Gasteiger partial charge >= 0.3 is 0 Å². The SMILES string of the molecule is CCNC(=NCc1cc(Cl)c(OCC)c(OC)c1)NCc1ccc2c(c1)OCO2.I. The first kappa shape index (κ1) is 24.2. The summed E-state index contributed by atoms with van der Waals surface area (Å²) >= 11 is 6.35. The predicted molar refractivity (Wildman–Crippen MR) is 129 cm³/mol. The molecule has 0 saturated carbocycles. The highest BCUT2D eigenvalue weighted by molar-refractivity contribution is 14.0. The summed E-state index contributed by atoms with van der Waals surface area (Å²) in [5.74, 6) is 3.40. The van der Waals surface area contributed by atoms with Crippen molar-refractivity contribution in [3.05, 3.63) is 46.5 Å². The molecule has 0 amide bonds. The smallest absolute Gasteiger partial charge is 0.231 e. The van der Waals surface area contributed by atoms with Gasteiger partial charge in [-0.05, 0) is 49.2 Å². The van der Waals surface area contributed by atoms with Gasteiger partial charge in [-0.3, -0.25) is 0 Å². The van der Waals surface area contributed by atoms with Crippen molar-refractivity contribution >= 4 is 41.5 Å². The van der Waals surface area contributed by atoms with Crippen LogP contribution < -0.4 is 29.6 Å². The molecule has 0 fully saturated rings. The fourth-order valence-electron chi connectivity index (χ4n) is 2.90. The quantitative estimate of drug-likeness (QED) is 0.291. The van der Waals surface area contributed by atoms with E-state index < -0.39 is 0 Å². The molecule has 164 valence electrons. The Morgan fingerprint density at radius 3 is 2.63 bits per heavy atom. The van der Waals surface area contributed by atoms with Crippen molar-refractivity contribution in [2.24, 2.45) is 4.99 Å². The summed E-state index contributed by atoms with van der Waals surface area (Å²) in [5, 5.41) is 7.08. The first-order valence-corrected chi connectivity index (χ1v) is 9.92. The summed E-state index contributed by atoms with van der Waals surface area (Å²) in [7, 11) is 1.60. The zero-order valence-electron chi connectivity index (χ0n) is 17.3. The lowest BCUT2D eigenvalue weighted by atomic mass is 10.2. The van der Waals surface area contributed by atoms with Gasteiger partial charge in [0.1, 0.15) is 0 Å². The minimum atomic E-state index is 0. The van der Waals surface area contributed by atoms with Gasteiger partial charge in [0, 0.05) is 13.1 Å². The van der Waals surface area contributed by atoms with Crippen LogP contribution >= 0.6 is 35.6 Å². The van der Waals surface area contributed by atoms with Gasteiger partial charge < -0.3 is 29.6 Å². The molecule has 0 spiro atoms. The van der Waals surface area contributed by atoms with Crippen LogP contribution in [-0.2, 0) is 13.1 Å². The second-order valence-corrected chi connectivity index (χ2v) is 6.69. The molecular weight excluding hydrogens is 521 g/mol. The zero-order chi connectivity index (χ0) is 20.6. The molecule has 0 aromatic heterocycles. The highest BCUT2D eigenvalue weighted by Crippen LogP contribution is 2.36. The van der Waals surface area contributed by atoms with Gasteiger partial charge in [0.15, 0.2) is 29.0 Å². The largest absolute Gasteiger partial charge is 0.493 e. The van der Waals surface area contributed by atoms with Crippen molar-refractivity contribution in [2.45, 2.75) is 26.9 Å². The fourth-order valence-corrected chi connectivity index (χ4v) is 3.19. The van der Waals surface area contributed by atoms with Crippen molar-refractivity contribution in [2.75, 3.05) is 27.1 Å². The number of fused-ring (bicyclic) bond motifs is 1. The van der Waals surface area contributed by atoms with E-state index in [0.29, 0.717) is 42.2 Å². The molecule has 0 radical (unpaired) electrons. The third kappa shape index (κ3) is 6.21. The maximum atomic E-state index is 6.35. The fraction of sp³-hybridized carbons (Fsp3) is 0.381. The maximum absolute atomic E-state index is 6.35. The number of ether oxygens (including phenoxy) is 4. The molecule has 30 heavy (non-hydrogen) atoms. The van der Waals surface area contributed by atoms with Gasteiger partial charge in [-0.2, -0.15) is 0 Å². The monoisotopic (exact) mass is 547 g/mol. The number of nitrogens with one attached hydrogen (secondary N) is 2. The minimum Gasteiger partial charge on any atom is -0.493 e. The summed E-state index contributed by atoms with van der Waals surface area (Å²) in [4.78, 5) is 4.65. The minimum absolute atomic E-state index is 0. The normalized spacial score (nSPS) is 12.2. The van der Waals surface area contributed by atoms with Gasteiger partial charge in [0.25, 0.3) is 0 Å². The molecule has 0 aliphatic carbocycles. The van der Waals surface area contributed by atoms with Gasteiger partial charge in [-0.15, -0.1) is 24.0 Å². The Kier molecular flexibility index (Phi) is 9.64. The maximum Gasteiger partial charge on any atom is 0.231 e. The Morgan fingerprint density at radius 2 is 1.90 bits per heavy atom. The van der Waals surface area contributed by atoms with E-state index in [1.807, 2.05) is 44.2 Å². The van der Waals surface area contributed by atoms with Gasteiger partial charge in [-0.1, -0.05) is 17.7 Å². The number of guanidine groups is 1. The van der Waals surface area contributed by atoms with Crippen LogP contribution in [0.1, 0.15) is 25.0 Å². The van der Waals surface area contributed by atoms with Crippen LogP contribution in [0.15, 0.2) is 35.3 Å². The highest BCUT2D eigenvalue weighted by atomic mass is 127. The number of halogens is 2. The van der Waals surface area contributed by atoms with E-state index in [2.05, 4.69) is 15.6 Å². The van der Waals surface area contributed by atoms with Crippen molar-refractivity contribution in [1.29, 1.82) is 0 Å². The van der Waals surface area contributed by atoms with Gasteiger partial charge in [0.2, 0.25) is 6.79 Å². The Bertz CT molecular complexity index is 880. The summed E-state index contributed by atoms with van der Waals surface area (Å²) in [6, 6.07) is 9.62. The molecule has 0 bridgehead atoms. The molecular formula is C21H27ClIN3O4. The standard InChI is InChI=1S/C21H26ClN3O4.HI/c1-4-23-21(24-11-14-6-7-17-18(9-14)29-13-28-17)25-12-15-8-16(22)20(27-5-2)19(10-15)26-3;/h6-10H,4-5,11-13H2,1-3H3,(H2,23,24,25);1H. The van der Waals surface area contributed by atoms with Crippen LogP contribution in [0.2, 0.25) is 5.02 Å². The van der Waals surface area contributed by atoms with Gasteiger partial charge in [0.05, 0.1) is 25.3 Å². The van der Waals surface area contributed by atoms with E-state index in [0.717, 1.165) is 29.2 Å². The Labute approximate surface area is 199 Å². The molecule has 1 aliphatic heterocycles. The molecule has 0 atom stereocenters. The average molecular weight is 548 g/mol. The van der Waals surface area contributed by atoms with E-state index in [9.17, 15) is 0 Å². The molecule has 7 nitrogen and oxygen atoms in total. The number of methoxy groups -OCH3 is 1. The molecule has 1 heterocycles. The summed E-state index contributed by atoms with van der Waals surface area (Å²) in [6.07, 6.45) is 0. The molecule has 2 aromatic rings. The van der Waals surface area contributed by atoms with Gasteiger partial charge in [-0.25, -0.2) is 4.99 Å². The van der Waals surface area contributed by atoms with E-state index in [-0.39, 0.29) is 30.8 Å². The molecule has 9 heteroatoms. The van der Waals surface area contributed by atoms with E-state index in [1.165, 1.54) is 0 Å². The third-order valence-corrected chi connectivity index (χ3v) is 4.52. The van der Waals surface area contributed by atoms with Crippen LogP contribution in [0.4, 0.5) is 0 Å². The number of hydrogen-bond donors (Lipinski definition) is 2. The van der Waals surface area contributed by atoms with Crippen molar-refractivity contribution in [3.63, 3.8) is 0 Å². The second kappa shape index (κ2) is 11.9. The van der Waals surface area contributed by atoms with E-state index in [1.54, 1.807) is 7.11 Å². The average Bonchev–Trinajstić information content (AvgIpc) is 3.19. The molecule has 2 N–H and O–H groups in total. The van der Waals surface area contributed by atoms with E-state index in [4.69, 9.17) is 30.5 Å². The first-order chi connectivity index (χ1) is 14.1. The second-order valence-electron chi connectivity index (χ2n) is 6.28. The van der Waals surface area contributed by atoms with Crippen LogP contribution in [0, 0.1) is 0 Å². The molecule has 1 aliphatic rings. The Hall–Kier alpha value is -2.07. The molecule has 0 unspecified atom stereocenters. The topological polar surface area (TPSA) is 73.3 Å². The van der Waals surface area contributed by atoms with Crippen molar-refractivity contribution in [1.82, 2.24) is 10.6 Å². The van der Waals surface area contributed by atoms with E-state index >= 15 is 0 Å². The highest BCUT2D eigenvalue weighted by Gasteiger charge is 2.14. The summed E-state index contributed by atoms with van der Waals surface area (Å²) in [5.41, 5.74) is 2.00. The number of nitrogens with zero attached hydrogens (tertiary/aromatic N) is 1. The number of benzene rings is 2. The first-order valence-electron chi connectivity index (χ1n) is 9.54. The number of hydrogen-bond acceptors (Lipinski definition) is 5. The molecule has 3 rings (SSSR count). The lowest BCUT2D eigenvalue weighted by Crippen LogP contribution is -2.36. The van der Waals surface area contributed by atoms with Crippen LogP contribution in [0.25, 0.3) is 0 Å². The Balaban J connectivity index is 0.00000320. The predicted octanol–water partition coefficient (Wildman–Crippen LogP) is 4.35. The third-order valence-electron chi connectivity index (χ3n) is 4.24. The number of rotatable bonds is 8. The molecule has 2 aromatic carbocycles. The van der Waals surface area contributed by atoms with Crippen molar-refractivity contribution in [3.8, 4) is 23.0 Å². The molecule has 0 saturated heterocycles. The number of aliphatic imine (C=N–C) groups is 1. The Morgan fingerprint density at radius 1 is 1.10 bits per heavy atom. The van der Waals surface area contributed by atoms with Crippen LogP contribution in [0.3, 0.4) is 0 Å². The lowest BCUT2D eigenvalue weighted by molar-refractivity contribution is 0.174. The lowest BCUT2D eigenvalue weighted by Gasteiger charge is -2.14.